The summed E-state index contributed by atoms with van der Waals surface area (Å²) in [6.07, 6.45) is 1.54. The molecule has 2 aromatic carbocycles. The number of nitrogens with zero attached hydrogens (tertiary/aromatic N) is 1. The van der Waals surface area contributed by atoms with E-state index in [0.717, 1.165) is 4.47 Å². The van der Waals surface area contributed by atoms with Crippen molar-refractivity contribution in [3.8, 4) is 17.2 Å². The molecule has 0 N–H and O–H groups in total. The highest BCUT2D eigenvalue weighted by molar-refractivity contribution is 9.10. The largest absolute Gasteiger partial charge is 0.493 e. The van der Waals surface area contributed by atoms with E-state index in [-0.39, 0.29) is 28.8 Å². The van der Waals surface area contributed by atoms with Crippen molar-refractivity contribution in [2.45, 2.75) is 6.92 Å². The van der Waals surface area contributed by atoms with Gasteiger partial charge in [0.05, 0.1) is 14.2 Å². The predicted octanol–water partition coefficient (Wildman–Crippen LogP) is 3.74. The lowest BCUT2D eigenvalue weighted by molar-refractivity contribution is -0.132. The van der Waals surface area contributed by atoms with Gasteiger partial charge in [0.15, 0.2) is 17.2 Å². The molecule has 0 bridgehead atoms. The average Bonchev–Trinajstić information content (AvgIpc) is 3.03. The number of rotatable bonds is 5. The molecule has 0 aromatic heterocycles. The van der Waals surface area contributed by atoms with E-state index in [1.54, 1.807) is 24.3 Å². The molecule has 1 heterocycles. The molecule has 8 heteroatoms. The number of cyclic esters (lactones) is 1. The second-order valence-electron chi connectivity index (χ2n) is 5.69. The quantitative estimate of drug-likeness (QED) is 0.396. The fourth-order valence-corrected chi connectivity index (χ4v) is 2.78. The number of benzene rings is 2. The first-order valence-corrected chi connectivity index (χ1v) is 8.93. The first-order chi connectivity index (χ1) is 13.4. The van der Waals surface area contributed by atoms with Gasteiger partial charge in [0.2, 0.25) is 11.6 Å². The van der Waals surface area contributed by atoms with Crippen molar-refractivity contribution in [2.24, 2.45) is 4.99 Å². The zero-order valence-electron chi connectivity index (χ0n) is 15.3. The summed E-state index contributed by atoms with van der Waals surface area (Å²) in [4.78, 5) is 27.8. The minimum atomic E-state index is -0.570. The zero-order valence-corrected chi connectivity index (χ0v) is 16.9. The van der Waals surface area contributed by atoms with Gasteiger partial charge in [0.1, 0.15) is 0 Å². The molecule has 144 valence electrons. The van der Waals surface area contributed by atoms with Gasteiger partial charge in [-0.25, -0.2) is 9.79 Å². The monoisotopic (exact) mass is 445 g/mol. The van der Waals surface area contributed by atoms with Gasteiger partial charge in [-0.3, -0.25) is 4.79 Å². The number of esters is 2. The lowest BCUT2D eigenvalue weighted by Crippen LogP contribution is -2.05. The Hall–Kier alpha value is -3.13. The molecule has 3 rings (SSSR count). The molecular weight excluding hydrogens is 430 g/mol. The lowest BCUT2D eigenvalue weighted by Gasteiger charge is -2.13. The van der Waals surface area contributed by atoms with Crippen molar-refractivity contribution in [2.75, 3.05) is 14.2 Å². The Balaban J connectivity index is 1.99. The molecule has 28 heavy (non-hydrogen) atoms. The van der Waals surface area contributed by atoms with Gasteiger partial charge in [-0.05, 0) is 48.0 Å². The number of carbonyl (C=O) groups is 2. The third kappa shape index (κ3) is 4.23. The lowest BCUT2D eigenvalue weighted by atomic mass is 10.1. The van der Waals surface area contributed by atoms with Gasteiger partial charge < -0.3 is 18.9 Å². The van der Waals surface area contributed by atoms with Crippen LogP contribution in [-0.4, -0.2) is 32.1 Å². The number of carbonyl (C=O) groups excluding carboxylic acids is 2. The first kappa shape index (κ1) is 19.6. The van der Waals surface area contributed by atoms with Crippen LogP contribution in [0, 0.1) is 0 Å². The Bertz CT molecular complexity index is 969. The Morgan fingerprint density at radius 3 is 2.25 bits per heavy atom. The van der Waals surface area contributed by atoms with Gasteiger partial charge in [0.25, 0.3) is 0 Å². The van der Waals surface area contributed by atoms with Crippen molar-refractivity contribution in [3.05, 3.63) is 57.7 Å². The topological polar surface area (TPSA) is 83.4 Å². The molecule has 0 radical (unpaired) electrons. The molecule has 1 aliphatic heterocycles. The number of aliphatic imine (C=N–C) groups is 1. The Morgan fingerprint density at radius 1 is 1.11 bits per heavy atom. The van der Waals surface area contributed by atoms with E-state index in [4.69, 9.17) is 18.9 Å². The van der Waals surface area contributed by atoms with Gasteiger partial charge in [-0.15, -0.1) is 0 Å². The van der Waals surface area contributed by atoms with Crippen molar-refractivity contribution < 1.29 is 28.5 Å². The normalized spacial score (nSPS) is 14.5. The fourth-order valence-electron chi connectivity index (χ4n) is 2.51. The van der Waals surface area contributed by atoms with Crippen molar-refractivity contribution in [3.63, 3.8) is 0 Å². The van der Waals surface area contributed by atoms with Crippen LogP contribution >= 0.6 is 15.9 Å². The minimum absolute atomic E-state index is 0.127. The summed E-state index contributed by atoms with van der Waals surface area (Å²) in [5.41, 5.74) is 1.37. The van der Waals surface area contributed by atoms with E-state index in [1.807, 2.05) is 12.1 Å². The van der Waals surface area contributed by atoms with Crippen molar-refractivity contribution in [1.82, 2.24) is 0 Å². The average molecular weight is 446 g/mol. The first-order valence-electron chi connectivity index (χ1n) is 8.14. The number of methoxy groups -OCH3 is 2. The summed E-state index contributed by atoms with van der Waals surface area (Å²) in [5, 5.41) is 0. The van der Waals surface area contributed by atoms with Gasteiger partial charge in [-0.1, -0.05) is 15.9 Å². The van der Waals surface area contributed by atoms with Gasteiger partial charge in [0, 0.05) is 17.0 Å². The number of hydrogen-bond donors (Lipinski definition) is 0. The minimum Gasteiger partial charge on any atom is -0.493 e. The summed E-state index contributed by atoms with van der Waals surface area (Å²) in [6.45, 7) is 1.28. The summed E-state index contributed by atoms with van der Waals surface area (Å²) in [7, 11) is 2.87. The third-order valence-corrected chi connectivity index (χ3v) is 4.27. The van der Waals surface area contributed by atoms with E-state index in [9.17, 15) is 9.59 Å². The van der Waals surface area contributed by atoms with Crippen LogP contribution in [0.2, 0.25) is 0 Å². The molecule has 1 aliphatic rings. The molecule has 0 unspecified atom stereocenters. The highest BCUT2D eigenvalue weighted by Gasteiger charge is 2.25. The highest BCUT2D eigenvalue weighted by atomic mass is 79.9. The van der Waals surface area contributed by atoms with Crippen LogP contribution in [0.25, 0.3) is 6.08 Å². The molecule has 0 fully saturated rings. The van der Waals surface area contributed by atoms with E-state index < -0.39 is 11.9 Å². The number of ether oxygens (including phenoxy) is 4. The van der Waals surface area contributed by atoms with E-state index in [1.165, 1.54) is 27.2 Å². The van der Waals surface area contributed by atoms with Gasteiger partial charge >= 0.3 is 11.9 Å². The second-order valence-corrected chi connectivity index (χ2v) is 6.61. The van der Waals surface area contributed by atoms with Crippen molar-refractivity contribution >= 4 is 39.8 Å². The van der Waals surface area contributed by atoms with Crippen LogP contribution in [0.1, 0.15) is 18.1 Å². The third-order valence-electron chi connectivity index (χ3n) is 3.74. The maximum atomic E-state index is 12.2. The summed E-state index contributed by atoms with van der Waals surface area (Å²) < 4.78 is 21.9. The van der Waals surface area contributed by atoms with Gasteiger partial charge in [-0.2, -0.15) is 0 Å². The van der Waals surface area contributed by atoms with Crippen LogP contribution in [0.15, 0.2) is 51.6 Å². The van der Waals surface area contributed by atoms with Crippen molar-refractivity contribution in [1.29, 1.82) is 0 Å². The predicted molar refractivity (Wildman–Crippen MR) is 106 cm³/mol. The zero-order chi connectivity index (χ0) is 20.3. The fraction of sp³-hybridized carbons (Fsp3) is 0.150. The van der Waals surface area contributed by atoms with Crippen LogP contribution in [0.5, 0.6) is 17.2 Å². The van der Waals surface area contributed by atoms with Crippen LogP contribution in [0.3, 0.4) is 0 Å². The summed E-state index contributed by atoms with van der Waals surface area (Å²) in [5.74, 6) is -0.132. The summed E-state index contributed by atoms with van der Waals surface area (Å²) in [6, 6.07) is 10.5. The highest BCUT2D eigenvalue weighted by Crippen LogP contribution is 2.39. The summed E-state index contributed by atoms with van der Waals surface area (Å²) >= 11 is 3.36. The van der Waals surface area contributed by atoms with Crippen LogP contribution in [-0.2, 0) is 14.3 Å². The Kier molecular flexibility index (Phi) is 5.79. The molecule has 0 saturated carbocycles. The standard InChI is InChI=1S/C20H16BrNO6/c1-11(23)27-18-16(25-2)9-12(10-17(18)26-3)8-15-20(24)28-19(22-15)13-4-6-14(21)7-5-13/h4-10H,1-3H3/b15-8+. The molecule has 0 saturated heterocycles. The van der Waals surface area contributed by atoms with Crippen LogP contribution < -0.4 is 14.2 Å². The molecule has 0 aliphatic carbocycles. The smallest absolute Gasteiger partial charge is 0.363 e. The Labute approximate surface area is 169 Å². The second kappa shape index (κ2) is 8.26. The molecule has 0 spiro atoms. The molecule has 0 atom stereocenters. The van der Waals surface area contributed by atoms with Crippen LogP contribution in [0.4, 0.5) is 0 Å². The maximum absolute atomic E-state index is 12.2. The van der Waals surface area contributed by atoms with E-state index in [0.29, 0.717) is 11.1 Å². The number of halogens is 1. The maximum Gasteiger partial charge on any atom is 0.363 e. The van der Waals surface area contributed by atoms with E-state index >= 15 is 0 Å². The molecular formula is C20H16BrNO6. The Morgan fingerprint density at radius 2 is 1.71 bits per heavy atom. The molecule has 7 nitrogen and oxygen atoms in total. The molecule has 0 amide bonds. The number of hydrogen-bond acceptors (Lipinski definition) is 7. The van der Waals surface area contributed by atoms with E-state index in [2.05, 4.69) is 20.9 Å². The SMILES string of the molecule is COc1cc(/C=C2/N=C(c3ccc(Br)cc3)OC2=O)cc(OC)c1OC(C)=O. The molecule has 2 aromatic rings.